The minimum atomic E-state index is -3.98. The van der Waals surface area contributed by atoms with Gasteiger partial charge in [0.2, 0.25) is 11.8 Å². The highest BCUT2D eigenvalue weighted by Gasteiger charge is 2.33. The van der Waals surface area contributed by atoms with Gasteiger partial charge in [0.25, 0.3) is 0 Å². The molecule has 0 radical (unpaired) electrons. The predicted molar refractivity (Wildman–Crippen MR) is 136 cm³/mol. The predicted octanol–water partition coefficient (Wildman–Crippen LogP) is 3.28. The fourth-order valence-electron chi connectivity index (χ4n) is 3.18. The number of amides is 2. The molecule has 1 N–H and O–H groups in total. The van der Waals surface area contributed by atoms with E-state index in [9.17, 15) is 18.0 Å². The minimum absolute atomic E-state index is 0.0435. The van der Waals surface area contributed by atoms with E-state index < -0.39 is 34.2 Å². The normalized spacial score (nSPS) is 12.8. The number of carbonyl (C=O) groups is 2. The first-order chi connectivity index (χ1) is 15.7. The highest BCUT2D eigenvalue weighted by Crippen LogP contribution is 2.22. The number of hydrogen-bond donors (Lipinski definition) is 1. The van der Waals surface area contributed by atoms with Crippen LogP contribution in [-0.2, 0) is 26.3 Å². The molecule has 0 heterocycles. The van der Waals surface area contributed by atoms with Crippen molar-refractivity contribution < 1.29 is 18.0 Å². The van der Waals surface area contributed by atoms with Crippen LogP contribution in [0.3, 0.4) is 0 Å². The summed E-state index contributed by atoms with van der Waals surface area (Å²) in [6, 6.07) is 14.5. The molecular formula is C24H33ClN4O4S. The van der Waals surface area contributed by atoms with Gasteiger partial charge in [0.1, 0.15) is 12.6 Å². The number of halogens is 1. The zero-order chi connectivity index (χ0) is 25.7. The quantitative estimate of drug-likeness (QED) is 0.562. The van der Waals surface area contributed by atoms with Crippen LogP contribution in [0.15, 0.2) is 54.6 Å². The van der Waals surface area contributed by atoms with Gasteiger partial charge in [-0.05, 0) is 51.5 Å². The molecule has 1 atom stereocenters. The zero-order valence-electron chi connectivity index (χ0n) is 20.4. The maximum absolute atomic E-state index is 13.6. The van der Waals surface area contributed by atoms with E-state index in [-0.39, 0.29) is 12.5 Å². The molecule has 0 aromatic heterocycles. The molecule has 0 aliphatic heterocycles. The van der Waals surface area contributed by atoms with Crippen molar-refractivity contribution in [2.24, 2.45) is 0 Å². The van der Waals surface area contributed by atoms with Crippen molar-refractivity contribution in [1.82, 2.24) is 14.5 Å². The zero-order valence-corrected chi connectivity index (χ0v) is 22.0. The van der Waals surface area contributed by atoms with Gasteiger partial charge >= 0.3 is 10.2 Å². The highest BCUT2D eigenvalue weighted by atomic mass is 35.5. The summed E-state index contributed by atoms with van der Waals surface area (Å²) < 4.78 is 28.2. The molecule has 8 nitrogen and oxygen atoms in total. The first kappa shape index (κ1) is 27.6. The molecule has 0 unspecified atom stereocenters. The Labute approximate surface area is 207 Å². The Bertz CT molecular complexity index is 1100. The Balaban J connectivity index is 2.46. The lowest BCUT2D eigenvalue weighted by Gasteiger charge is -2.34. The summed E-state index contributed by atoms with van der Waals surface area (Å²) in [6.45, 7) is 6.71. The first-order valence-corrected chi connectivity index (χ1v) is 12.6. The average molecular weight is 509 g/mol. The first-order valence-electron chi connectivity index (χ1n) is 10.8. The molecule has 34 heavy (non-hydrogen) atoms. The summed E-state index contributed by atoms with van der Waals surface area (Å²) in [6.07, 6.45) is 0. The van der Waals surface area contributed by atoms with Crippen molar-refractivity contribution in [3.05, 3.63) is 65.2 Å². The van der Waals surface area contributed by atoms with Crippen molar-refractivity contribution in [2.75, 3.05) is 24.9 Å². The smallest absolute Gasteiger partial charge is 0.304 e. The fourth-order valence-corrected chi connectivity index (χ4v) is 4.43. The number of carbonyl (C=O) groups excluding carboxylic acids is 2. The molecule has 186 valence electrons. The summed E-state index contributed by atoms with van der Waals surface area (Å²) in [5, 5.41) is 3.33. The topological polar surface area (TPSA) is 90.0 Å². The Morgan fingerprint density at radius 2 is 1.56 bits per heavy atom. The van der Waals surface area contributed by atoms with Crippen LogP contribution >= 0.6 is 11.6 Å². The van der Waals surface area contributed by atoms with Crippen LogP contribution in [0.1, 0.15) is 33.3 Å². The van der Waals surface area contributed by atoms with Crippen molar-refractivity contribution in [2.45, 2.75) is 45.8 Å². The number of anilines is 1. The third-order valence-electron chi connectivity index (χ3n) is 5.03. The summed E-state index contributed by atoms with van der Waals surface area (Å²) >= 11 is 6.33. The van der Waals surface area contributed by atoms with Crippen LogP contribution < -0.4 is 9.62 Å². The molecule has 0 aliphatic rings. The molecule has 0 spiro atoms. The molecule has 2 aromatic carbocycles. The monoisotopic (exact) mass is 508 g/mol. The minimum Gasteiger partial charge on any atom is -0.350 e. The molecule has 2 aromatic rings. The number of benzene rings is 2. The van der Waals surface area contributed by atoms with Gasteiger partial charge in [-0.3, -0.25) is 9.59 Å². The van der Waals surface area contributed by atoms with Crippen LogP contribution in [0.5, 0.6) is 0 Å². The van der Waals surface area contributed by atoms with E-state index in [0.717, 1.165) is 8.61 Å². The standard InChI is InChI=1S/C24H33ClN4O4S/c1-18(23(31)26-24(2,3)4)28(16-19-12-10-11-15-21(19)25)22(30)17-29(34(32,33)27(5)6)20-13-8-7-9-14-20/h7-15,18H,16-17H2,1-6H3,(H,26,31)/t18-/m0/s1. The summed E-state index contributed by atoms with van der Waals surface area (Å²) in [4.78, 5) is 27.9. The average Bonchev–Trinajstić information content (AvgIpc) is 2.75. The van der Waals surface area contributed by atoms with Gasteiger partial charge in [-0.15, -0.1) is 0 Å². The van der Waals surface area contributed by atoms with Gasteiger partial charge in [-0.2, -0.15) is 12.7 Å². The molecule has 2 amide bonds. The van der Waals surface area contributed by atoms with Crippen LogP contribution in [0.2, 0.25) is 5.02 Å². The number of para-hydroxylation sites is 1. The van der Waals surface area contributed by atoms with Gasteiger partial charge in [0.05, 0.1) is 5.69 Å². The van der Waals surface area contributed by atoms with Crippen molar-refractivity contribution in [1.29, 1.82) is 0 Å². The number of nitrogens with one attached hydrogen (secondary N) is 1. The third-order valence-corrected chi connectivity index (χ3v) is 7.22. The van der Waals surface area contributed by atoms with E-state index in [0.29, 0.717) is 16.3 Å². The largest absolute Gasteiger partial charge is 0.350 e. The van der Waals surface area contributed by atoms with Gasteiger partial charge in [-0.1, -0.05) is 48.0 Å². The molecule has 10 heteroatoms. The van der Waals surface area contributed by atoms with E-state index in [1.807, 2.05) is 20.8 Å². The third kappa shape index (κ3) is 7.19. The SMILES string of the molecule is C[C@@H](C(=O)NC(C)(C)C)N(Cc1ccccc1Cl)C(=O)CN(c1ccccc1)S(=O)(=O)N(C)C. The highest BCUT2D eigenvalue weighted by molar-refractivity contribution is 7.90. The molecule has 2 rings (SSSR count). The molecule has 0 aliphatic carbocycles. The molecule has 0 fully saturated rings. The Morgan fingerprint density at radius 3 is 2.09 bits per heavy atom. The molecule has 0 saturated heterocycles. The van der Waals surface area contributed by atoms with Gasteiger partial charge in [0, 0.05) is 31.2 Å². The van der Waals surface area contributed by atoms with Gasteiger partial charge in [0.15, 0.2) is 0 Å². The molecule has 0 saturated carbocycles. The Morgan fingerprint density at radius 1 is 1.00 bits per heavy atom. The van der Waals surface area contributed by atoms with E-state index in [1.165, 1.54) is 19.0 Å². The van der Waals surface area contributed by atoms with Crippen molar-refractivity contribution in [3.63, 3.8) is 0 Å². The van der Waals surface area contributed by atoms with E-state index in [2.05, 4.69) is 5.32 Å². The Kier molecular flexibility index (Phi) is 9.10. The second-order valence-corrected chi connectivity index (χ2v) is 11.6. The lowest BCUT2D eigenvalue weighted by Crippen LogP contribution is -2.55. The van der Waals surface area contributed by atoms with E-state index in [1.54, 1.807) is 61.5 Å². The van der Waals surface area contributed by atoms with Crippen LogP contribution in [0.25, 0.3) is 0 Å². The lowest BCUT2D eigenvalue weighted by atomic mass is 10.1. The van der Waals surface area contributed by atoms with Crippen LogP contribution in [-0.4, -0.2) is 61.7 Å². The van der Waals surface area contributed by atoms with E-state index in [4.69, 9.17) is 11.6 Å². The maximum atomic E-state index is 13.6. The number of rotatable bonds is 9. The molecule has 0 bridgehead atoms. The maximum Gasteiger partial charge on any atom is 0.304 e. The van der Waals surface area contributed by atoms with Crippen molar-refractivity contribution >= 4 is 39.3 Å². The lowest BCUT2D eigenvalue weighted by molar-refractivity contribution is -0.140. The van der Waals surface area contributed by atoms with Gasteiger partial charge in [-0.25, -0.2) is 4.31 Å². The number of hydrogen-bond acceptors (Lipinski definition) is 4. The fraction of sp³-hybridized carbons (Fsp3) is 0.417. The van der Waals surface area contributed by atoms with Crippen molar-refractivity contribution in [3.8, 4) is 0 Å². The van der Waals surface area contributed by atoms with Crippen LogP contribution in [0, 0.1) is 0 Å². The second kappa shape index (κ2) is 11.2. The summed E-state index contributed by atoms with van der Waals surface area (Å²) in [7, 11) is -1.18. The molecular weight excluding hydrogens is 476 g/mol. The Hall–Kier alpha value is -2.62. The van der Waals surface area contributed by atoms with Crippen LogP contribution in [0.4, 0.5) is 5.69 Å². The summed E-state index contributed by atoms with van der Waals surface area (Å²) in [5.41, 5.74) is 0.484. The van der Waals surface area contributed by atoms with Gasteiger partial charge < -0.3 is 10.2 Å². The number of nitrogens with zero attached hydrogens (tertiary/aromatic N) is 3. The second-order valence-electron chi connectivity index (χ2n) is 9.16. The van der Waals surface area contributed by atoms with E-state index >= 15 is 0 Å². The summed E-state index contributed by atoms with van der Waals surface area (Å²) in [5.74, 6) is -0.889.